The zero-order valence-corrected chi connectivity index (χ0v) is 11.7. The van der Waals surface area contributed by atoms with Crippen molar-refractivity contribution in [1.29, 1.82) is 0 Å². The molecule has 0 aromatic heterocycles. The van der Waals surface area contributed by atoms with E-state index in [1.165, 1.54) is 25.9 Å². The number of hydrogen-bond donors (Lipinski definition) is 2. The number of phenolic OH excluding ortho intramolecular Hbond substituents is 1. The van der Waals surface area contributed by atoms with Crippen molar-refractivity contribution in [3.8, 4) is 5.75 Å². The van der Waals surface area contributed by atoms with E-state index in [1.54, 1.807) is 6.07 Å². The molecular weight excluding hydrogens is 236 g/mol. The van der Waals surface area contributed by atoms with Crippen LogP contribution in [-0.4, -0.2) is 35.7 Å². The number of para-hydroxylation sites is 1. The third-order valence-corrected chi connectivity index (χ3v) is 4.75. The van der Waals surface area contributed by atoms with Gasteiger partial charge >= 0.3 is 0 Å². The van der Waals surface area contributed by atoms with Gasteiger partial charge in [-0.25, -0.2) is 0 Å². The highest BCUT2D eigenvalue weighted by atomic mass is 16.3. The summed E-state index contributed by atoms with van der Waals surface area (Å²) in [4.78, 5) is 2.56. The van der Waals surface area contributed by atoms with Gasteiger partial charge in [0.05, 0.1) is 0 Å². The van der Waals surface area contributed by atoms with Crippen LogP contribution < -0.4 is 5.32 Å². The SMILES string of the molecule is CCC(c1ccccc1O)N1CC2CCCNC2C1. The summed E-state index contributed by atoms with van der Waals surface area (Å²) in [5.41, 5.74) is 1.09. The first-order chi connectivity index (χ1) is 9.29. The Kier molecular flexibility index (Phi) is 3.76. The molecule has 0 amide bonds. The molecule has 0 bridgehead atoms. The van der Waals surface area contributed by atoms with E-state index >= 15 is 0 Å². The zero-order chi connectivity index (χ0) is 13.2. The molecule has 0 saturated carbocycles. The van der Waals surface area contributed by atoms with Gasteiger partial charge in [-0.05, 0) is 37.8 Å². The lowest BCUT2D eigenvalue weighted by atomic mass is 9.94. The van der Waals surface area contributed by atoms with Crippen molar-refractivity contribution in [3.05, 3.63) is 29.8 Å². The van der Waals surface area contributed by atoms with Gasteiger partial charge in [-0.2, -0.15) is 0 Å². The number of likely N-dealkylation sites (tertiary alicyclic amines) is 1. The van der Waals surface area contributed by atoms with E-state index in [2.05, 4.69) is 23.2 Å². The second kappa shape index (κ2) is 5.51. The number of rotatable bonds is 3. The van der Waals surface area contributed by atoms with Crippen LogP contribution in [0.1, 0.15) is 37.8 Å². The number of aromatic hydroxyl groups is 1. The van der Waals surface area contributed by atoms with Crippen molar-refractivity contribution in [3.63, 3.8) is 0 Å². The monoisotopic (exact) mass is 260 g/mol. The molecule has 2 aliphatic heterocycles. The lowest BCUT2D eigenvalue weighted by Crippen LogP contribution is -2.40. The van der Waals surface area contributed by atoms with Gasteiger partial charge in [0.2, 0.25) is 0 Å². The minimum absolute atomic E-state index is 0.355. The van der Waals surface area contributed by atoms with Gasteiger partial charge in [0, 0.05) is 30.7 Å². The summed E-state index contributed by atoms with van der Waals surface area (Å²) in [7, 11) is 0. The number of benzene rings is 1. The molecule has 0 radical (unpaired) electrons. The first kappa shape index (κ1) is 12.9. The van der Waals surface area contributed by atoms with Crippen LogP contribution in [0.3, 0.4) is 0 Å². The second-order valence-corrected chi connectivity index (χ2v) is 5.90. The molecular formula is C16H24N2O. The second-order valence-electron chi connectivity index (χ2n) is 5.90. The Balaban J connectivity index is 1.78. The number of nitrogens with one attached hydrogen (secondary N) is 1. The Labute approximate surface area is 115 Å². The van der Waals surface area contributed by atoms with Crippen LogP contribution in [0.5, 0.6) is 5.75 Å². The van der Waals surface area contributed by atoms with Crippen LogP contribution in [0.4, 0.5) is 0 Å². The summed E-state index contributed by atoms with van der Waals surface area (Å²) < 4.78 is 0. The van der Waals surface area contributed by atoms with Crippen molar-refractivity contribution < 1.29 is 5.11 Å². The Morgan fingerprint density at radius 3 is 2.95 bits per heavy atom. The molecule has 2 aliphatic rings. The third kappa shape index (κ3) is 2.49. The smallest absolute Gasteiger partial charge is 0.120 e. The Morgan fingerprint density at radius 1 is 1.37 bits per heavy atom. The Bertz CT molecular complexity index is 421. The van der Waals surface area contributed by atoms with Crippen molar-refractivity contribution in [2.45, 2.75) is 38.3 Å². The van der Waals surface area contributed by atoms with Gasteiger partial charge in [0.15, 0.2) is 0 Å². The maximum atomic E-state index is 10.1. The molecule has 2 heterocycles. The summed E-state index contributed by atoms with van der Waals surface area (Å²) in [6.45, 7) is 5.68. The van der Waals surface area contributed by atoms with Crippen molar-refractivity contribution in [2.24, 2.45) is 5.92 Å². The van der Waals surface area contributed by atoms with Crippen LogP contribution >= 0.6 is 0 Å². The Hall–Kier alpha value is -1.06. The van der Waals surface area contributed by atoms with E-state index in [1.807, 2.05) is 12.1 Å². The van der Waals surface area contributed by atoms with E-state index < -0.39 is 0 Å². The molecule has 2 saturated heterocycles. The van der Waals surface area contributed by atoms with Crippen molar-refractivity contribution in [2.75, 3.05) is 19.6 Å². The average molecular weight is 260 g/mol. The van der Waals surface area contributed by atoms with Gasteiger partial charge in [-0.3, -0.25) is 4.90 Å². The molecule has 3 rings (SSSR count). The normalized spacial score (nSPS) is 29.1. The molecule has 3 atom stereocenters. The first-order valence-electron chi connectivity index (χ1n) is 7.55. The zero-order valence-electron chi connectivity index (χ0n) is 11.7. The maximum Gasteiger partial charge on any atom is 0.120 e. The molecule has 2 fully saturated rings. The molecule has 3 nitrogen and oxygen atoms in total. The number of nitrogens with zero attached hydrogens (tertiary/aromatic N) is 1. The molecule has 19 heavy (non-hydrogen) atoms. The molecule has 1 aromatic rings. The van der Waals surface area contributed by atoms with Gasteiger partial charge < -0.3 is 10.4 Å². The fraction of sp³-hybridized carbons (Fsp3) is 0.625. The fourth-order valence-electron chi connectivity index (χ4n) is 3.78. The molecule has 0 spiro atoms. The maximum absolute atomic E-state index is 10.1. The summed E-state index contributed by atoms with van der Waals surface area (Å²) in [5.74, 6) is 1.24. The lowest BCUT2D eigenvalue weighted by molar-refractivity contribution is 0.224. The number of piperidine rings is 1. The first-order valence-corrected chi connectivity index (χ1v) is 7.55. The summed E-state index contributed by atoms with van der Waals surface area (Å²) in [5, 5.41) is 13.7. The van der Waals surface area contributed by atoms with E-state index in [-0.39, 0.29) is 0 Å². The summed E-state index contributed by atoms with van der Waals surface area (Å²) >= 11 is 0. The van der Waals surface area contributed by atoms with Crippen molar-refractivity contribution >= 4 is 0 Å². The van der Waals surface area contributed by atoms with Crippen LogP contribution in [0.2, 0.25) is 0 Å². The van der Waals surface area contributed by atoms with Crippen LogP contribution in [0.15, 0.2) is 24.3 Å². The highest BCUT2D eigenvalue weighted by molar-refractivity contribution is 5.34. The standard InChI is InChI=1S/C16H24N2O/c1-2-15(13-7-3-4-8-16(13)19)18-10-12-6-5-9-17-14(12)11-18/h3-4,7-8,12,14-15,17,19H,2,5-6,9-11H2,1H3. The van der Waals surface area contributed by atoms with Gasteiger partial charge in [0.1, 0.15) is 5.75 Å². The molecule has 3 unspecified atom stereocenters. The van der Waals surface area contributed by atoms with E-state index in [4.69, 9.17) is 0 Å². The van der Waals surface area contributed by atoms with E-state index in [0.29, 0.717) is 17.8 Å². The fourth-order valence-corrected chi connectivity index (χ4v) is 3.78. The van der Waals surface area contributed by atoms with Gasteiger partial charge in [-0.15, -0.1) is 0 Å². The van der Waals surface area contributed by atoms with Gasteiger partial charge in [0.25, 0.3) is 0 Å². The minimum atomic E-state index is 0.355. The Morgan fingerprint density at radius 2 is 2.21 bits per heavy atom. The molecule has 2 N–H and O–H groups in total. The number of fused-ring (bicyclic) bond motifs is 1. The summed E-state index contributed by atoms with van der Waals surface area (Å²) in [6, 6.07) is 8.82. The van der Waals surface area contributed by atoms with Crippen molar-refractivity contribution in [1.82, 2.24) is 10.2 Å². The predicted molar refractivity (Wildman–Crippen MR) is 77.2 cm³/mol. The highest BCUT2D eigenvalue weighted by Crippen LogP contribution is 2.36. The minimum Gasteiger partial charge on any atom is -0.508 e. The number of phenols is 1. The van der Waals surface area contributed by atoms with Crippen LogP contribution in [-0.2, 0) is 0 Å². The lowest BCUT2D eigenvalue weighted by Gasteiger charge is -2.27. The largest absolute Gasteiger partial charge is 0.508 e. The van der Waals surface area contributed by atoms with E-state index in [9.17, 15) is 5.11 Å². The molecule has 104 valence electrons. The quantitative estimate of drug-likeness (QED) is 0.876. The topological polar surface area (TPSA) is 35.5 Å². The van der Waals surface area contributed by atoms with Gasteiger partial charge in [-0.1, -0.05) is 25.1 Å². The predicted octanol–water partition coefficient (Wildman–Crippen LogP) is 2.53. The molecule has 1 aromatic carbocycles. The van der Waals surface area contributed by atoms with Crippen LogP contribution in [0.25, 0.3) is 0 Å². The highest BCUT2D eigenvalue weighted by Gasteiger charge is 2.37. The van der Waals surface area contributed by atoms with Crippen LogP contribution in [0, 0.1) is 5.92 Å². The molecule has 3 heteroatoms. The average Bonchev–Trinajstić information content (AvgIpc) is 2.85. The number of hydrogen-bond acceptors (Lipinski definition) is 3. The van der Waals surface area contributed by atoms with E-state index in [0.717, 1.165) is 24.4 Å². The third-order valence-electron chi connectivity index (χ3n) is 4.75. The summed E-state index contributed by atoms with van der Waals surface area (Å²) in [6.07, 6.45) is 3.71. The molecule has 0 aliphatic carbocycles.